The minimum absolute atomic E-state index is 0.0758. The van der Waals surface area contributed by atoms with E-state index in [0.29, 0.717) is 11.4 Å². The van der Waals surface area contributed by atoms with Crippen molar-refractivity contribution in [3.63, 3.8) is 0 Å². The van der Waals surface area contributed by atoms with Gasteiger partial charge in [0.25, 0.3) is 0 Å². The van der Waals surface area contributed by atoms with Crippen molar-refractivity contribution in [2.45, 2.75) is 39.3 Å². The number of urea groups is 1. The van der Waals surface area contributed by atoms with E-state index in [-0.39, 0.29) is 30.4 Å². The Hall–Kier alpha value is -2.08. The largest absolute Gasteiger partial charge is 0.336 e. The van der Waals surface area contributed by atoms with Gasteiger partial charge in [0.15, 0.2) is 0 Å². The van der Waals surface area contributed by atoms with Crippen LogP contribution in [0.3, 0.4) is 0 Å². The van der Waals surface area contributed by atoms with Gasteiger partial charge in [-0.25, -0.2) is 4.79 Å². The molecule has 110 valence electrons. The number of carbonyl (C=O) groups excluding carboxylic acids is 2. The highest BCUT2D eigenvalue weighted by molar-refractivity contribution is 5.92. The van der Waals surface area contributed by atoms with Gasteiger partial charge < -0.3 is 21.7 Å². The summed E-state index contributed by atoms with van der Waals surface area (Å²) in [4.78, 5) is 23.0. The number of benzene rings is 1. The van der Waals surface area contributed by atoms with Gasteiger partial charge in [-0.1, -0.05) is 0 Å². The predicted molar refractivity (Wildman–Crippen MR) is 80.6 cm³/mol. The number of nitrogens with one attached hydrogen (secondary N) is 3. The van der Waals surface area contributed by atoms with Crippen molar-refractivity contribution in [2.24, 2.45) is 5.73 Å². The Balaban J connectivity index is 2.52. The first-order chi connectivity index (χ1) is 9.36. The Morgan fingerprint density at radius 2 is 1.55 bits per heavy atom. The molecule has 0 aliphatic heterocycles. The number of anilines is 2. The molecule has 0 saturated heterocycles. The van der Waals surface area contributed by atoms with E-state index in [1.807, 2.05) is 13.8 Å². The molecule has 0 aliphatic rings. The molecule has 0 aliphatic carbocycles. The van der Waals surface area contributed by atoms with Crippen LogP contribution in [0.4, 0.5) is 16.2 Å². The Labute approximate surface area is 119 Å². The molecule has 1 aromatic carbocycles. The molecule has 0 bridgehead atoms. The minimum atomic E-state index is -0.256. The van der Waals surface area contributed by atoms with E-state index in [4.69, 9.17) is 5.73 Å². The molecule has 1 atom stereocenters. The van der Waals surface area contributed by atoms with Crippen molar-refractivity contribution in [1.29, 1.82) is 0 Å². The second-order valence-corrected chi connectivity index (χ2v) is 5.06. The lowest BCUT2D eigenvalue weighted by molar-refractivity contribution is -0.116. The molecule has 0 aromatic heterocycles. The zero-order valence-corrected chi connectivity index (χ0v) is 12.1. The van der Waals surface area contributed by atoms with E-state index in [1.165, 1.54) is 0 Å². The molecule has 1 aromatic rings. The lowest BCUT2D eigenvalue weighted by atomic mass is 10.2. The van der Waals surface area contributed by atoms with Crippen LogP contribution in [0.1, 0.15) is 27.2 Å². The van der Waals surface area contributed by atoms with Crippen LogP contribution in [0.5, 0.6) is 0 Å². The number of hydrogen-bond donors (Lipinski definition) is 4. The predicted octanol–water partition coefficient (Wildman–Crippen LogP) is 1.89. The lowest BCUT2D eigenvalue weighted by Gasteiger charge is -2.11. The SMILES string of the molecule is CC(N)CC(=O)Nc1ccc(NC(=O)NC(C)C)cc1. The topological polar surface area (TPSA) is 96.2 Å². The van der Waals surface area contributed by atoms with Crippen LogP contribution in [0, 0.1) is 0 Å². The van der Waals surface area contributed by atoms with E-state index < -0.39 is 0 Å². The van der Waals surface area contributed by atoms with Crippen molar-refractivity contribution in [2.75, 3.05) is 10.6 Å². The zero-order valence-electron chi connectivity index (χ0n) is 12.1. The van der Waals surface area contributed by atoms with E-state index >= 15 is 0 Å². The van der Waals surface area contributed by atoms with Gasteiger partial charge in [-0.15, -0.1) is 0 Å². The second kappa shape index (κ2) is 7.49. The maximum atomic E-state index is 11.5. The summed E-state index contributed by atoms with van der Waals surface area (Å²) in [5.41, 5.74) is 6.88. The molecule has 5 N–H and O–H groups in total. The van der Waals surface area contributed by atoms with Crippen molar-refractivity contribution in [1.82, 2.24) is 5.32 Å². The highest BCUT2D eigenvalue weighted by Crippen LogP contribution is 2.13. The van der Waals surface area contributed by atoms with Gasteiger partial charge in [-0.3, -0.25) is 4.79 Å². The normalized spacial score (nSPS) is 11.8. The molecule has 20 heavy (non-hydrogen) atoms. The lowest BCUT2D eigenvalue weighted by Crippen LogP contribution is -2.34. The summed E-state index contributed by atoms with van der Waals surface area (Å²) < 4.78 is 0. The highest BCUT2D eigenvalue weighted by Gasteiger charge is 2.06. The molecule has 1 rings (SSSR count). The second-order valence-electron chi connectivity index (χ2n) is 5.06. The Morgan fingerprint density at radius 1 is 1.05 bits per heavy atom. The smallest absolute Gasteiger partial charge is 0.319 e. The van der Waals surface area contributed by atoms with Crippen LogP contribution >= 0.6 is 0 Å². The van der Waals surface area contributed by atoms with Gasteiger partial charge in [-0.2, -0.15) is 0 Å². The maximum absolute atomic E-state index is 11.5. The number of amides is 3. The van der Waals surface area contributed by atoms with E-state index in [9.17, 15) is 9.59 Å². The fourth-order valence-electron chi connectivity index (χ4n) is 1.57. The average molecular weight is 278 g/mol. The molecule has 6 nitrogen and oxygen atoms in total. The minimum Gasteiger partial charge on any atom is -0.336 e. The summed E-state index contributed by atoms with van der Waals surface area (Å²) >= 11 is 0. The van der Waals surface area contributed by atoms with Gasteiger partial charge in [0.05, 0.1) is 0 Å². The number of nitrogens with two attached hydrogens (primary N) is 1. The van der Waals surface area contributed by atoms with Gasteiger partial charge in [0.2, 0.25) is 5.91 Å². The van der Waals surface area contributed by atoms with Crippen molar-refractivity contribution >= 4 is 23.3 Å². The Morgan fingerprint density at radius 3 is 2.00 bits per heavy atom. The van der Waals surface area contributed by atoms with Crippen LogP contribution in [0.15, 0.2) is 24.3 Å². The third kappa shape index (κ3) is 6.19. The summed E-state index contributed by atoms with van der Waals surface area (Å²) in [6.45, 7) is 5.55. The molecular formula is C14H22N4O2. The first-order valence-corrected chi connectivity index (χ1v) is 6.60. The summed E-state index contributed by atoms with van der Waals surface area (Å²) in [6.07, 6.45) is 0.275. The quantitative estimate of drug-likeness (QED) is 0.662. The summed E-state index contributed by atoms with van der Waals surface area (Å²) in [5, 5.41) is 8.17. The van der Waals surface area contributed by atoms with Crippen molar-refractivity contribution in [3.8, 4) is 0 Å². The summed E-state index contributed by atoms with van der Waals surface area (Å²) in [7, 11) is 0. The molecule has 0 saturated carbocycles. The van der Waals surface area contributed by atoms with Crippen molar-refractivity contribution < 1.29 is 9.59 Å². The third-order valence-corrected chi connectivity index (χ3v) is 2.35. The molecule has 0 radical (unpaired) electrons. The summed E-state index contributed by atoms with van der Waals surface area (Å²) in [6, 6.07) is 6.55. The van der Waals surface area contributed by atoms with Crippen molar-refractivity contribution in [3.05, 3.63) is 24.3 Å². The number of hydrogen-bond acceptors (Lipinski definition) is 3. The van der Waals surface area contributed by atoms with E-state index in [2.05, 4.69) is 16.0 Å². The first kappa shape index (κ1) is 16.0. The third-order valence-electron chi connectivity index (χ3n) is 2.35. The van der Waals surface area contributed by atoms with E-state index in [0.717, 1.165) is 0 Å². The fraction of sp³-hybridized carbons (Fsp3) is 0.429. The molecule has 0 heterocycles. The molecule has 6 heteroatoms. The van der Waals surface area contributed by atoms with E-state index in [1.54, 1.807) is 31.2 Å². The first-order valence-electron chi connectivity index (χ1n) is 6.60. The molecular weight excluding hydrogens is 256 g/mol. The van der Waals surface area contributed by atoms with Gasteiger partial charge in [-0.05, 0) is 45.0 Å². The number of rotatable bonds is 5. The molecule has 0 spiro atoms. The molecule has 0 fully saturated rings. The summed E-state index contributed by atoms with van der Waals surface area (Å²) in [5.74, 6) is -0.127. The maximum Gasteiger partial charge on any atom is 0.319 e. The van der Waals surface area contributed by atoms with Crippen LogP contribution < -0.4 is 21.7 Å². The van der Waals surface area contributed by atoms with Crippen LogP contribution in [0.25, 0.3) is 0 Å². The standard InChI is InChI=1S/C14H22N4O2/c1-9(2)16-14(20)18-12-6-4-11(5-7-12)17-13(19)8-10(3)15/h4-7,9-10H,8,15H2,1-3H3,(H,17,19)(H2,16,18,20). The number of carbonyl (C=O) groups is 2. The highest BCUT2D eigenvalue weighted by atomic mass is 16.2. The van der Waals surface area contributed by atoms with Crippen LogP contribution in [0.2, 0.25) is 0 Å². The van der Waals surface area contributed by atoms with Gasteiger partial charge >= 0.3 is 6.03 Å². The van der Waals surface area contributed by atoms with Gasteiger partial charge in [0.1, 0.15) is 0 Å². The Kier molecular flexibility index (Phi) is 5.99. The van der Waals surface area contributed by atoms with Crippen LogP contribution in [-0.4, -0.2) is 24.0 Å². The zero-order chi connectivity index (χ0) is 15.1. The van der Waals surface area contributed by atoms with Gasteiger partial charge in [0, 0.05) is 29.9 Å². The Bertz CT molecular complexity index is 412. The monoisotopic (exact) mass is 278 g/mol. The molecule has 1 unspecified atom stereocenters. The molecule has 3 amide bonds. The average Bonchev–Trinajstić information content (AvgIpc) is 2.29. The van der Waals surface area contributed by atoms with Crippen LogP contribution in [-0.2, 0) is 4.79 Å². The fourth-order valence-corrected chi connectivity index (χ4v) is 1.57.